The molecule has 0 aromatic carbocycles. The van der Waals surface area contributed by atoms with Crippen LogP contribution in [0.5, 0.6) is 0 Å². The summed E-state index contributed by atoms with van der Waals surface area (Å²) in [5, 5.41) is 15.4. The Morgan fingerprint density at radius 2 is 2.12 bits per heavy atom. The number of fused-ring (bicyclic) bond motifs is 2. The molecule has 1 fully saturated rings. The minimum absolute atomic E-state index is 0.280. The van der Waals surface area contributed by atoms with Crippen molar-refractivity contribution < 1.29 is 0 Å². The predicted octanol–water partition coefficient (Wildman–Crippen LogP) is 2.80. The summed E-state index contributed by atoms with van der Waals surface area (Å²) in [4.78, 5) is 31.9. The zero-order valence-electron chi connectivity index (χ0n) is 17.4. The molecule has 162 valence electrons. The molecule has 0 aliphatic carbocycles. The first kappa shape index (κ1) is 19.5. The van der Waals surface area contributed by atoms with Crippen molar-refractivity contribution in [1.82, 2.24) is 34.1 Å². The molecule has 1 saturated heterocycles. The lowest BCUT2D eigenvalue weighted by Gasteiger charge is -2.51. The number of aromatic nitrogens is 7. The highest BCUT2D eigenvalue weighted by atomic mass is 35.5. The number of aromatic amines is 1. The van der Waals surface area contributed by atoms with Crippen LogP contribution in [0, 0.1) is 11.3 Å². The van der Waals surface area contributed by atoms with Crippen molar-refractivity contribution in [3.63, 3.8) is 0 Å². The number of hydrogen-bond acceptors (Lipinski definition) is 7. The van der Waals surface area contributed by atoms with E-state index in [1.165, 1.54) is 15.4 Å². The second-order valence-electron chi connectivity index (χ2n) is 8.02. The van der Waals surface area contributed by atoms with E-state index in [-0.39, 0.29) is 11.1 Å². The highest BCUT2D eigenvalue weighted by molar-refractivity contribution is 6.33. The highest BCUT2D eigenvalue weighted by Crippen LogP contribution is 2.44. The molecule has 1 N–H and O–H groups in total. The lowest BCUT2D eigenvalue weighted by molar-refractivity contribution is 0.278. The Kier molecular flexibility index (Phi) is 4.06. The van der Waals surface area contributed by atoms with Gasteiger partial charge in [-0.25, -0.2) is 24.0 Å². The van der Waals surface area contributed by atoms with Crippen molar-refractivity contribution in [1.29, 1.82) is 5.26 Å². The fourth-order valence-corrected chi connectivity index (χ4v) is 4.67. The Morgan fingerprint density at radius 3 is 2.85 bits per heavy atom. The molecule has 1 unspecified atom stereocenters. The largest absolute Gasteiger partial charge is 0.345 e. The normalized spacial score (nSPS) is 17.9. The fraction of sp³-hybridized carbons (Fsp3) is 0.182. The number of anilines is 1. The number of rotatable bonds is 3. The predicted molar refractivity (Wildman–Crippen MR) is 122 cm³/mol. The van der Waals surface area contributed by atoms with Crippen molar-refractivity contribution in [2.45, 2.75) is 18.9 Å². The van der Waals surface area contributed by atoms with Crippen molar-refractivity contribution in [3.05, 3.63) is 75.9 Å². The molecule has 6 heterocycles. The van der Waals surface area contributed by atoms with Crippen molar-refractivity contribution >= 4 is 34.0 Å². The van der Waals surface area contributed by atoms with Crippen molar-refractivity contribution in [2.24, 2.45) is 0 Å². The van der Waals surface area contributed by atoms with Crippen LogP contribution in [-0.2, 0) is 5.54 Å². The van der Waals surface area contributed by atoms with E-state index in [9.17, 15) is 10.1 Å². The molecule has 10 nitrogen and oxygen atoms in total. The Hall–Kier alpha value is -4.23. The van der Waals surface area contributed by atoms with Gasteiger partial charge in [-0.3, -0.25) is 4.79 Å². The second-order valence-corrected chi connectivity index (χ2v) is 8.43. The molecule has 33 heavy (non-hydrogen) atoms. The third-order valence-corrected chi connectivity index (χ3v) is 6.55. The van der Waals surface area contributed by atoms with Crippen LogP contribution < -0.4 is 10.5 Å². The first-order chi connectivity index (χ1) is 16.0. The van der Waals surface area contributed by atoms with Gasteiger partial charge in [-0.2, -0.15) is 10.4 Å². The van der Waals surface area contributed by atoms with Gasteiger partial charge in [0.25, 0.3) is 5.56 Å². The quantitative estimate of drug-likeness (QED) is 0.442. The van der Waals surface area contributed by atoms with Gasteiger partial charge in [0.1, 0.15) is 40.7 Å². The molecule has 11 heteroatoms. The second kappa shape index (κ2) is 6.88. The van der Waals surface area contributed by atoms with Gasteiger partial charge in [0.15, 0.2) is 5.82 Å². The summed E-state index contributed by atoms with van der Waals surface area (Å²) in [6.45, 7) is 2.67. The Morgan fingerprint density at radius 1 is 1.24 bits per heavy atom. The number of nitriles is 1. The van der Waals surface area contributed by atoms with Crippen LogP contribution >= 0.6 is 11.6 Å². The lowest BCUT2D eigenvalue weighted by Crippen LogP contribution is -2.58. The summed E-state index contributed by atoms with van der Waals surface area (Å²) in [5.74, 6) is 1.56. The summed E-state index contributed by atoms with van der Waals surface area (Å²) in [7, 11) is 0. The van der Waals surface area contributed by atoms with Crippen molar-refractivity contribution in [3.8, 4) is 11.9 Å². The van der Waals surface area contributed by atoms with Gasteiger partial charge in [0, 0.05) is 25.1 Å². The maximum atomic E-state index is 13.6. The minimum atomic E-state index is -0.701. The van der Waals surface area contributed by atoms with Gasteiger partial charge in [-0.15, -0.1) is 0 Å². The van der Waals surface area contributed by atoms with Gasteiger partial charge in [-0.1, -0.05) is 17.7 Å². The van der Waals surface area contributed by atoms with Crippen LogP contribution in [0.25, 0.3) is 22.4 Å². The van der Waals surface area contributed by atoms with Gasteiger partial charge in [0.2, 0.25) is 0 Å². The molecule has 0 bridgehead atoms. The van der Waals surface area contributed by atoms with Gasteiger partial charge in [-0.05, 0) is 31.5 Å². The molecule has 1 aliphatic rings. The summed E-state index contributed by atoms with van der Waals surface area (Å²) in [6.07, 6.45) is 7.09. The Balaban J connectivity index is 1.62. The third kappa shape index (κ3) is 2.63. The Bertz CT molecular complexity index is 1650. The minimum Gasteiger partial charge on any atom is -0.345 e. The van der Waals surface area contributed by atoms with Gasteiger partial charge < -0.3 is 9.88 Å². The SMILES string of the molecule is CC1(c2nn3ccc(Cl)c3c(=O)n2-c2ccccn2)CCN1c1ncnc2[nH]cc(C#N)c12. The third-order valence-electron chi connectivity index (χ3n) is 6.24. The van der Waals surface area contributed by atoms with E-state index in [0.29, 0.717) is 52.0 Å². The van der Waals surface area contributed by atoms with E-state index in [2.05, 4.69) is 26.0 Å². The first-order valence-electron chi connectivity index (χ1n) is 10.2. The molecular formula is C22H16ClN9O. The lowest BCUT2D eigenvalue weighted by atomic mass is 9.85. The zero-order chi connectivity index (χ0) is 22.7. The average Bonchev–Trinajstić information content (AvgIpc) is 3.42. The number of hydrogen-bond donors (Lipinski definition) is 1. The van der Waals surface area contributed by atoms with Gasteiger partial charge >= 0.3 is 0 Å². The van der Waals surface area contributed by atoms with E-state index < -0.39 is 5.54 Å². The van der Waals surface area contributed by atoms with Crippen LogP contribution in [0.15, 0.2) is 54.0 Å². The van der Waals surface area contributed by atoms with E-state index in [4.69, 9.17) is 16.7 Å². The smallest absolute Gasteiger partial charge is 0.285 e. The molecule has 0 amide bonds. The molecule has 5 aromatic heterocycles. The van der Waals surface area contributed by atoms with E-state index in [0.717, 1.165) is 0 Å². The molecule has 0 spiro atoms. The number of nitrogens with zero attached hydrogens (tertiary/aromatic N) is 8. The number of nitrogens with one attached hydrogen (secondary N) is 1. The summed E-state index contributed by atoms with van der Waals surface area (Å²) >= 11 is 6.31. The van der Waals surface area contributed by atoms with E-state index >= 15 is 0 Å². The molecular weight excluding hydrogens is 442 g/mol. The molecule has 0 saturated carbocycles. The summed E-state index contributed by atoms with van der Waals surface area (Å²) in [5.41, 5.74) is 0.301. The topological polar surface area (TPSA) is 121 Å². The van der Waals surface area contributed by atoms with Crippen LogP contribution in [0.2, 0.25) is 5.02 Å². The molecule has 0 radical (unpaired) electrons. The molecule has 1 aliphatic heterocycles. The van der Waals surface area contributed by atoms with Crippen LogP contribution in [0.3, 0.4) is 0 Å². The standard InChI is InChI=1S/C22H16ClN9O/c1-22(6-9-30(22)19-16-13(10-24)11-26-18(16)27-12-28-19)21-29-31-8-5-14(23)17(31)20(33)32(21)15-4-2-3-7-25-15/h2-5,7-8,11-12H,6,9H2,1H3,(H,26,27,28). The summed E-state index contributed by atoms with van der Waals surface area (Å²) < 4.78 is 3.02. The van der Waals surface area contributed by atoms with Gasteiger partial charge in [0.05, 0.1) is 16.0 Å². The van der Waals surface area contributed by atoms with E-state index in [1.807, 2.05) is 17.9 Å². The maximum absolute atomic E-state index is 13.6. The molecule has 1 atom stereocenters. The number of pyridine rings is 1. The van der Waals surface area contributed by atoms with Crippen LogP contribution in [0.1, 0.15) is 24.7 Å². The zero-order valence-corrected chi connectivity index (χ0v) is 18.2. The highest BCUT2D eigenvalue weighted by Gasteiger charge is 2.48. The maximum Gasteiger partial charge on any atom is 0.285 e. The molecule has 6 rings (SSSR count). The first-order valence-corrected chi connectivity index (χ1v) is 10.6. The number of halogens is 1. The summed E-state index contributed by atoms with van der Waals surface area (Å²) in [6, 6.07) is 9.20. The average molecular weight is 458 g/mol. The Labute approximate surface area is 191 Å². The van der Waals surface area contributed by atoms with Crippen LogP contribution in [-0.4, -0.2) is 40.7 Å². The fourth-order valence-electron chi connectivity index (χ4n) is 4.45. The number of H-pyrrole nitrogens is 1. The van der Waals surface area contributed by atoms with E-state index in [1.54, 1.807) is 36.8 Å². The van der Waals surface area contributed by atoms with Crippen molar-refractivity contribution in [2.75, 3.05) is 11.4 Å². The molecule has 5 aromatic rings. The monoisotopic (exact) mass is 457 g/mol. The van der Waals surface area contributed by atoms with Crippen LogP contribution in [0.4, 0.5) is 5.82 Å².